The van der Waals surface area contributed by atoms with Crippen LogP contribution in [0.2, 0.25) is 0 Å². The SMILES string of the molecule is CC[C@@H](Nc1c(Nc2cccnc2O)c(=O)c1=O)c1ccc(C)o1. The van der Waals surface area contributed by atoms with Crippen molar-refractivity contribution in [2.45, 2.75) is 26.3 Å². The van der Waals surface area contributed by atoms with Gasteiger partial charge in [0.1, 0.15) is 28.6 Å². The predicted molar refractivity (Wildman–Crippen MR) is 90.6 cm³/mol. The first-order chi connectivity index (χ1) is 11.5. The number of anilines is 3. The zero-order chi connectivity index (χ0) is 17.3. The quantitative estimate of drug-likeness (QED) is 0.598. The molecule has 0 bridgehead atoms. The molecule has 3 N–H and O–H groups in total. The van der Waals surface area contributed by atoms with Gasteiger partial charge in [-0.15, -0.1) is 0 Å². The molecule has 1 aromatic carbocycles. The van der Waals surface area contributed by atoms with Gasteiger partial charge in [0, 0.05) is 6.20 Å². The molecule has 0 aliphatic carbocycles. The molecule has 0 fully saturated rings. The highest BCUT2D eigenvalue weighted by Crippen LogP contribution is 2.29. The maximum Gasteiger partial charge on any atom is 0.253 e. The van der Waals surface area contributed by atoms with Crippen molar-refractivity contribution in [1.29, 1.82) is 0 Å². The zero-order valence-electron chi connectivity index (χ0n) is 13.3. The number of aromatic hydroxyl groups is 1. The van der Waals surface area contributed by atoms with E-state index in [0.717, 1.165) is 5.76 Å². The first kappa shape index (κ1) is 15.8. The molecule has 0 radical (unpaired) electrons. The Labute approximate surface area is 137 Å². The lowest BCUT2D eigenvalue weighted by Gasteiger charge is -2.20. The standard InChI is InChI=1S/C17H17N3O4/c1-3-10(12-7-6-9(2)24-12)19-13-14(16(22)15(13)21)20-11-5-4-8-18-17(11)23/h4-8,10,19-20H,3H2,1-2H3,(H,18,23)/t10-/m1/s1. The van der Waals surface area contributed by atoms with Gasteiger partial charge >= 0.3 is 0 Å². The predicted octanol–water partition coefficient (Wildman–Crippen LogP) is 2.59. The van der Waals surface area contributed by atoms with Crippen LogP contribution in [-0.2, 0) is 0 Å². The van der Waals surface area contributed by atoms with Gasteiger partial charge in [0.25, 0.3) is 10.9 Å². The molecule has 2 aromatic heterocycles. The Morgan fingerprint density at radius 3 is 2.58 bits per heavy atom. The zero-order valence-corrected chi connectivity index (χ0v) is 13.3. The van der Waals surface area contributed by atoms with Gasteiger partial charge in [-0.05, 0) is 37.6 Å². The Bertz CT molecular complexity index is 938. The van der Waals surface area contributed by atoms with E-state index in [9.17, 15) is 14.7 Å². The molecule has 1 atom stereocenters. The molecule has 2 heterocycles. The number of nitrogens with one attached hydrogen (secondary N) is 2. The largest absolute Gasteiger partial charge is 0.492 e. The Balaban J connectivity index is 1.87. The molecule has 0 spiro atoms. The lowest BCUT2D eigenvalue weighted by Crippen LogP contribution is -2.37. The number of rotatable bonds is 6. The maximum absolute atomic E-state index is 11.9. The van der Waals surface area contributed by atoms with Crippen molar-refractivity contribution < 1.29 is 9.52 Å². The molecule has 7 nitrogen and oxygen atoms in total. The van der Waals surface area contributed by atoms with E-state index >= 15 is 0 Å². The van der Waals surface area contributed by atoms with Crippen LogP contribution in [-0.4, -0.2) is 10.1 Å². The molecular formula is C17H17N3O4. The number of aromatic nitrogens is 1. The summed E-state index contributed by atoms with van der Waals surface area (Å²) in [7, 11) is 0. The molecule has 0 saturated heterocycles. The Morgan fingerprint density at radius 2 is 1.96 bits per heavy atom. The van der Waals surface area contributed by atoms with Crippen molar-refractivity contribution >= 4 is 17.1 Å². The van der Waals surface area contributed by atoms with E-state index < -0.39 is 10.9 Å². The van der Waals surface area contributed by atoms with E-state index in [0.29, 0.717) is 12.2 Å². The minimum atomic E-state index is -0.633. The van der Waals surface area contributed by atoms with Crippen LogP contribution >= 0.6 is 0 Å². The van der Waals surface area contributed by atoms with E-state index in [-0.39, 0.29) is 29.0 Å². The summed E-state index contributed by atoms with van der Waals surface area (Å²) in [6, 6.07) is 6.62. The summed E-state index contributed by atoms with van der Waals surface area (Å²) < 4.78 is 5.59. The second kappa shape index (κ2) is 6.19. The molecule has 7 heteroatoms. The number of furan rings is 1. The topological polar surface area (TPSA) is 104 Å². The van der Waals surface area contributed by atoms with Gasteiger partial charge < -0.3 is 20.2 Å². The van der Waals surface area contributed by atoms with Gasteiger partial charge in [0.15, 0.2) is 0 Å². The summed E-state index contributed by atoms with van der Waals surface area (Å²) in [6.45, 7) is 3.78. The molecule has 24 heavy (non-hydrogen) atoms. The Kier molecular flexibility index (Phi) is 4.07. The van der Waals surface area contributed by atoms with Gasteiger partial charge in [-0.1, -0.05) is 6.92 Å². The second-order valence-electron chi connectivity index (χ2n) is 5.46. The first-order valence-electron chi connectivity index (χ1n) is 7.58. The highest BCUT2D eigenvalue weighted by molar-refractivity contribution is 5.80. The van der Waals surface area contributed by atoms with E-state index in [1.165, 1.54) is 6.20 Å². The summed E-state index contributed by atoms with van der Waals surface area (Å²) in [5.41, 5.74) is -0.669. The van der Waals surface area contributed by atoms with Crippen LogP contribution in [0.1, 0.15) is 30.9 Å². The van der Waals surface area contributed by atoms with E-state index in [1.807, 2.05) is 26.0 Å². The molecule has 3 rings (SSSR count). The third-order valence-corrected chi connectivity index (χ3v) is 3.79. The van der Waals surface area contributed by atoms with E-state index in [2.05, 4.69) is 15.6 Å². The summed E-state index contributed by atoms with van der Waals surface area (Å²) in [6.07, 6.45) is 2.09. The van der Waals surface area contributed by atoms with Gasteiger partial charge in [0.2, 0.25) is 5.88 Å². The highest BCUT2D eigenvalue weighted by atomic mass is 16.3. The summed E-state index contributed by atoms with van der Waals surface area (Å²) in [5.74, 6) is 1.22. The molecule has 0 amide bonds. The molecule has 0 unspecified atom stereocenters. The Morgan fingerprint density at radius 1 is 1.21 bits per heavy atom. The summed E-state index contributed by atoms with van der Waals surface area (Å²) in [4.78, 5) is 27.5. The highest BCUT2D eigenvalue weighted by Gasteiger charge is 2.25. The second-order valence-corrected chi connectivity index (χ2v) is 5.46. The van der Waals surface area contributed by atoms with Crippen molar-refractivity contribution in [1.82, 2.24) is 4.98 Å². The van der Waals surface area contributed by atoms with Gasteiger partial charge in [-0.2, -0.15) is 0 Å². The van der Waals surface area contributed by atoms with E-state index in [4.69, 9.17) is 4.42 Å². The van der Waals surface area contributed by atoms with Gasteiger partial charge in [0.05, 0.1) is 6.04 Å². The fourth-order valence-electron chi connectivity index (χ4n) is 2.47. The van der Waals surface area contributed by atoms with Gasteiger partial charge in [-0.3, -0.25) is 9.59 Å². The maximum atomic E-state index is 11.9. The molecule has 0 saturated carbocycles. The average Bonchev–Trinajstić information content (AvgIpc) is 3.01. The fourth-order valence-corrected chi connectivity index (χ4v) is 2.47. The number of hydrogen-bond acceptors (Lipinski definition) is 7. The monoisotopic (exact) mass is 327 g/mol. The number of pyridine rings is 1. The third kappa shape index (κ3) is 2.76. The van der Waals surface area contributed by atoms with Crippen molar-refractivity contribution in [2.24, 2.45) is 0 Å². The minimum absolute atomic E-state index is 0.116. The summed E-state index contributed by atoms with van der Waals surface area (Å²) in [5, 5.41) is 15.5. The molecule has 0 aliphatic heterocycles. The normalized spacial score (nSPS) is 12.2. The van der Waals surface area contributed by atoms with Crippen molar-refractivity contribution in [3.8, 4) is 5.88 Å². The van der Waals surface area contributed by atoms with Gasteiger partial charge in [-0.25, -0.2) is 4.98 Å². The minimum Gasteiger partial charge on any atom is -0.492 e. The molecular weight excluding hydrogens is 310 g/mol. The average molecular weight is 327 g/mol. The number of nitrogens with zero attached hydrogens (tertiary/aromatic N) is 1. The van der Waals surface area contributed by atoms with Crippen LogP contribution in [0.3, 0.4) is 0 Å². The number of aryl methyl sites for hydroxylation is 1. The molecule has 0 aliphatic rings. The third-order valence-electron chi connectivity index (χ3n) is 3.79. The van der Waals surface area contributed by atoms with Crippen LogP contribution in [0.4, 0.5) is 17.1 Å². The number of hydrogen-bond donors (Lipinski definition) is 3. The first-order valence-corrected chi connectivity index (χ1v) is 7.58. The lowest BCUT2D eigenvalue weighted by molar-refractivity contribution is 0.452. The Hall–Kier alpha value is -3.09. The van der Waals surface area contributed by atoms with Crippen LogP contribution in [0.5, 0.6) is 5.88 Å². The van der Waals surface area contributed by atoms with Crippen LogP contribution < -0.4 is 21.5 Å². The van der Waals surface area contributed by atoms with Crippen LogP contribution in [0.15, 0.2) is 44.5 Å². The van der Waals surface area contributed by atoms with Crippen molar-refractivity contribution in [3.63, 3.8) is 0 Å². The van der Waals surface area contributed by atoms with Crippen molar-refractivity contribution in [2.75, 3.05) is 10.6 Å². The van der Waals surface area contributed by atoms with Crippen molar-refractivity contribution in [3.05, 3.63) is 62.4 Å². The fraction of sp³-hybridized carbons (Fsp3) is 0.235. The smallest absolute Gasteiger partial charge is 0.253 e. The molecule has 124 valence electrons. The lowest BCUT2D eigenvalue weighted by atomic mass is 10.1. The van der Waals surface area contributed by atoms with E-state index in [1.54, 1.807) is 12.1 Å². The molecule has 3 aromatic rings. The summed E-state index contributed by atoms with van der Waals surface area (Å²) >= 11 is 0. The van der Waals surface area contributed by atoms with Crippen LogP contribution in [0, 0.1) is 6.92 Å². The van der Waals surface area contributed by atoms with Crippen LogP contribution in [0.25, 0.3) is 0 Å².